The summed E-state index contributed by atoms with van der Waals surface area (Å²) in [5.41, 5.74) is 0. The van der Waals surface area contributed by atoms with Crippen LogP contribution in [0.5, 0.6) is 0 Å². The molecule has 0 fully saturated rings. The van der Waals surface area contributed by atoms with Gasteiger partial charge in [0.15, 0.2) is 0 Å². The molecule has 0 N–H and O–H groups in total. The first kappa shape index (κ1) is 11.3. The fourth-order valence-electron chi connectivity index (χ4n) is 0.430. The van der Waals surface area contributed by atoms with E-state index >= 15 is 0 Å². The highest BCUT2D eigenvalue weighted by Gasteiger charge is 1.83. The SMILES string of the molecule is COC=O.Clc1ccc(Cl)cc1. The zero-order chi connectivity index (χ0) is 9.40. The number of carbonyl (C=O) groups is 1. The van der Waals surface area contributed by atoms with Gasteiger partial charge < -0.3 is 4.74 Å². The predicted octanol–water partition coefficient (Wildman–Crippen LogP) is 2.78. The molecule has 0 aliphatic carbocycles. The summed E-state index contributed by atoms with van der Waals surface area (Å²) in [4.78, 5) is 8.95. The van der Waals surface area contributed by atoms with Crippen molar-refractivity contribution < 1.29 is 9.53 Å². The van der Waals surface area contributed by atoms with Crippen LogP contribution < -0.4 is 0 Å². The molecule has 0 heterocycles. The zero-order valence-corrected chi connectivity index (χ0v) is 7.97. The van der Waals surface area contributed by atoms with Crippen LogP contribution in [0.3, 0.4) is 0 Å². The highest BCUT2D eigenvalue weighted by atomic mass is 35.5. The first-order valence-electron chi connectivity index (χ1n) is 3.08. The molecule has 0 aromatic heterocycles. The molecule has 0 saturated carbocycles. The lowest BCUT2D eigenvalue weighted by molar-refractivity contribution is -0.126. The van der Waals surface area contributed by atoms with Crippen molar-refractivity contribution in [2.45, 2.75) is 0 Å². The Labute approximate surface area is 81.0 Å². The van der Waals surface area contributed by atoms with E-state index in [2.05, 4.69) is 4.74 Å². The van der Waals surface area contributed by atoms with Crippen molar-refractivity contribution in [3.8, 4) is 0 Å². The van der Waals surface area contributed by atoms with E-state index in [1.54, 1.807) is 24.3 Å². The van der Waals surface area contributed by atoms with E-state index in [0.29, 0.717) is 6.47 Å². The molecule has 4 heteroatoms. The van der Waals surface area contributed by atoms with E-state index in [9.17, 15) is 0 Å². The number of methoxy groups -OCH3 is 1. The largest absolute Gasteiger partial charge is 0.471 e. The van der Waals surface area contributed by atoms with E-state index in [-0.39, 0.29) is 0 Å². The standard InChI is InChI=1S/C6H4Cl2.C2H4O2/c7-5-1-2-6(8)4-3-5;1-4-2-3/h1-4H;2H,1H3. The highest BCUT2D eigenvalue weighted by molar-refractivity contribution is 6.32. The molecule has 0 spiro atoms. The van der Waals surface area contributed by atoms with Crippen molar-refractivity contribution >= 4 is 29.7 Å². The van der Waals surface area contributed by atoms with Gasteiger partial charge in [-0.2, -0.15) is 0 Å². The maximum atomic E-state index is 8.95. The summed E-state index contributed by atoms with van der Waals surface area (Å²) >= 11 is 11.1. The third-order valence-corrected chi connectivity index (χ3v) is 1.40. The van der Waals surface area contributed by atoms with Gasteiger partial charge in [-0.3, -0.25) is 4.79 Å². The summed E-state index contributed by atoms with van der Waals surface area (Å²) in [6, 6.07) is 7.02. The number of ether oxygens (including phenoxy) is 1. The van der Waals surface area contributed by atoms with Gasteiger partial charge in [-0.15, -0.1) is 0 Å². The molecule has 0 unspecified atom stereocenters. The van der Waals surface area contributed by atoms with Gasteiger partial charge in [-0.1, -0.05) is 23.2 Å². The first-order valence-corrected chi connectivity index (χ1v) is 3.83. The van der Waals surface area contributed by atoms with Crippen LogP contribution in [0.15, 0.2) is 24.3 Å². The van der Waals surface area contributed by atoms with E-state index in [4.69, 9.17) is 28.0 Å². The fraction of sp³-hybridized carbons (Fsp3) is 0.125. The Morgan fingerprint density at radius 1 is 1.17 bits per heavy atom. The third kappa shape index (κ3) is 6.01. The van der Waals surface area contributed by atoms with Crippen LogP contribution in [0, 0.1) is 0 Å². The Morgan fingerprint density at radius 3 is 1.58 bits per heavy atom. The molecule has 1 aromatic rings. The van der Waals surface area contributed by atoms with Gasteiger partial charge in [0.05, 0.1) is 7.11 Å². The van der Waals surface area contributed by atoms with Gasteiger partial charge in [-0.05, 0) is 24.3 Å². The molecule has 0 amide bonds. The van der Waals surface area contributed by atoms with Crippen molar-refractivity contribution in [2.24, 2.45) is 0 Å². The first-order chi connectivity index (χ1) is 5.70. The van der Waals surface area contributed by atoms with Crippen LogP contribution >= 0.6 is 23.2 Å². The van der Waals surface area contributed by atoms with E-state index in [1.165, 1.54) is 7.11 Å². The molecule has 0 atom stereocenters. The second-order valence-electron chi connectivity index (χ2n) is 1.77. The van der Waals surface area contributed by atoms with Crippen molar-refractivity contribution in [3.05, 3.63) is 34.3 Å². The molecule has 66 valence electrons. The maximum Gasteiger partial charge on any atom is 0.292 e. The van der Waals surface area contributed by atoms with E-state index in [1.807, 2.05) is 0 Å². The molecule has 1 rings (SSSR count). The Morgan fingerprint density at radius 2 is 1.42 bits per heavy atom. The summed E-state index contributed by atoms with van der Waals surface area (Å²) in [6.45, 7) is 0.375. The molecule has 1 aromatic carbocycles. The maximum absolute atomic E-state index is 8.95. The Bertz CT molecular complexity index is 200. The van der Waals surface area contributed by atoms with Crippen molar-refractivity contribution in [1.82, 2.24) is 0 Å². The minimum absolute atomic E-state index is 0.375. The van der Waals surface area contributed by atoms with E-state index in [0.717, 1.165) is 10.0 Å². The molecule has 0 aliphatic rings. The molecule has 0 bridgehead atoms. The summed E-state index contributed by atoms with van der Waals surface area (Å²) in [5.74, 6) is 0. The zero-order valence-electron chi connectivity index (χ0n) is 6.46. The van der Waals surface area contributed by atoms with Crippen LogP contribution in [0.4, 0.5) is 0 Å². The average Bonchev–Trinajstić information content (AvgIpc) is 2.11. The minimum atomic E-state index is 0.375. The van der Waals surface area contributed by atoms with Gasteiger partial charge in [0, 0.05) is 10.0 Å². The molecular formula is C8H8Cl2O2. The normalized spacial score (nSPS) is 7.92. The number of hydrogen-bond donors (Lipinski definition) is 0. The molecule has 0 aliphatic heterocycles. The molecular weight excluding hydrogens is 199 g/mol. The quantitative estimate of drug-likeness (QED) is 0.661. The molecule has 12 heavy (non-hydrogen) atoms. The van der Waals surface area contributed by atoms with Crippen molar-refractivity contribution in [1.29, 1.82) is 0 Å². The summed E-state index contributed by atoms with van der Waals surface area (Å²) in [5, 5.41) is 1.43. The lowest BCUT2D eigenvalue weighted by atomic mass is 10.4. The number of halogens is 2. The topological polar surface area (TPSA) is 26.3 Å². The second kappa shape index (κ2) is 6.95. The van der Waals surface area contributed by atoms with Gasteiger partial charge in [0.1, 0.15) is 0 Å². The molecule has 0 radical (unpaired) electrons. The van der Waals surface area contributed by atoms with Gasteiger partial charge >= 0.3 is 0 Å². The molecule has 0 saturated heterocycles. The average molecular weight is 207 g/mol. The summed E-state index contributed by atoms with van der Waals surface area (Å²) < 4.78 is 3.86. The van der Waals surface area contributed by atoms with Crippen LogP contribution in [-0.4, -0.2) is 13.6 Å². The Balaban J connectivity index is 0.000000261. The Hall–Kier alpha value is -0.730. The number of benzene rings is 1. The van der Waals surface area contributed by atoms with Crippen LogP contribution in [-0.2, 0) is 9.53 Å². The van der Waals surface area contributed by atoms with Crippen LogP contribution in [0.2, 0.25) is 10.0 Å². The van der Waals surface area contributed by atoms with Crippen molar-refractivity contribution in [3.63, 3.8) is 0 Å². The molecule has 2 nitrogen and oxygen atoms in total. The van der Waals surface area contributed by atoms with E-state index < -0.39 is 0 Å². The smallest absolute Gasteiger partial charge is 0.292 e. The van der Waals surface area contributed by atoms with Gasteiger partial charge in [0.25, 0.3) is 6.47 Å². The summed E-state index contributed by atoms with van der Waals surface area (Å²) in [6.07, 6.45) is 0. The number of hydrogen-bond acceptors (Lipinski definition) is 2. The van der Waals surface area contributed by atoms with Crippen molar-refractivity contribution in [2.75, 3.05) is 7.11 Å². The Kier molecular flexibility index (Phi) is 6.53. The predicted molar refractivity (Wildman–Crippen MR) is 49.5 cm³/mol. The third-order valence-electron chi connectivity index (χ3n) is 0.900. The van der Waals surface area contributed by atoms with Gasteiger partial charge in [-0.25, -0.2) is 0 Å². The van der Waals surface area contributed by atoms with Gasteiger partial charge in [0.2, 0.25) is 0 Å². The monoisotopic (exact) mass is 206 g/mol. The highest BCUT2D eigenvalue weighted by Crippen LogP contribution is 2.12. The lowest BCUT2D eigenvalue weighted by Gasteiger charge is -1.86. The fourth-order valence-corrected chi connectivity index (χ4v) is 0.682. The number of rotatable bonds is 1. The number of carbonyl (C=O) groups excluding carboxylic acids is 1. The lowest BCUT2D eigenvalue weighted by Crippen LogP contribution is -1.68. The van der Waals surface area contributed by atoms with Crippen LogP contribution in [0.1, 0.15) is 0 Å². The second-order valence-corrected chi connectivity index (χ2v) is 2.64. The van der Waals surface area contributed by atoms with Crippen LogP contribution in [0.25, 0.3) is 0 Å². The summed E-state index contributed by atoms with van der Waals surface area (Å²) in [7, 11) is 1.31. The minimum Gasteiger partial charge on any atom is -0.471 e.